The number of carboxylic acid groups (broad SMARTS) is 1. The quantitative estimate of drug-likeness (QED) is 0.711. The Morgan fingerprint density at radius 3 is 2.52 bits per heavy atom. The molecular formula is C17H26N4O6. The number of alkyl carbamates (subject to hydrolysis) is 1. The van der Waals surface area contributed by atoms with E-state index >= 15 is 0 Å². The van der Waals surface area contributed by atoms with Gasteiger partial charge in [0.15, 0.2) is 0 Å². The van der Waals surface area contributed by atoms with Gasteiger partial charge in [-0.3, -0.25) is 14.5 Å². The third-order valence-corrected chi connectivity index (χ3v) is 5.70. The van der Waals surface area contributed by atoms with E-state index in [0.717, 1.165) is 4.90 Å². The Morgan fingerprint density at radius 2 is 1.93 bits per heavy atom. The molecule has 3 aliphatic heterocycles. The summed E-state index contributed by atoms with van der Waals surface area (Å²) in [6.45, 7) is 4.29. The van der Waals surface area contributed by atoms with Crippen molar-refractivity contribution < 1.29 is 29.0 Å². The van der Waals surface area contributed by atoms with Crippen LogP contribution in [0.2, 0.25) is 0 Å². The Balaban J connectivity index is 1.40. The maximum absolute atomic E-state index is 12.4. The maximum Gasteiger partial charge on any atom is 0.408 e. The van der Waals surface area contributed by atoms with Crippen LogP contribution in [0.15, 0.2) is 0 Å². The second-order valence-corrected chi connectivity index (χ2v) is 7.39. The van der Waals surface area contributed by atoms with Crippen LogP contribution in [0.25, 0.3) is 0 Å². The van der Waals surface area contributed by atoms with Gasteiger partial charge in [-0.2, -0.15) is 0 Å². The van der Waals surface area contributed by atoms with Crippen molar-refractivity contribution in [1.29, 1.82) is 0 Å². The molecule has 150 valence electrons. The fraction of sp³-hybridized carbons (Fsp3) is 0.765. The molecule has 3 fully saturated rings. The summed E-state index contributed by atoms with van der Waals surface area (Å²) >= 11 is 0. The summed E-state index contributed by atoms with van der Waals surface area (Å²) in [6.07, 6.45) is 0.664. The number of amides is 4. The summed E-state index contributed by atoms with van der Waals surface area (Å²) in [5, 5.41) is 11.7. The van der Waals surface area contributed by atoms with E-state index < -0.39 is 23.8 Å². The van der Waals surface area contributed by atoms with Crippen molar-refractivity contribution in [3.63, 3.8) is 0 Å². The highest BCUT2D eigenvalue weighted by Gasteiger charge is 2.43. The van der Waals surface area contributed by atoms with Crippen molar-refractivity contribution in [2.24, 2.45) is 0 Å². The highest BCUT2D eigenvalue weighted by Crippen LogP contribution is 2.29. The Labute approximate surface area is 157 Å². The maximum atomic E-state index is 12.4. The van der Waals surface area contributed by atoms with E-state index in [1.54, 1.807) is 16.7 Å². The monoisotopic (exact) mass is 382 g/mol. The minimum atomic E-state index is -1.09. The summed E-state index contributed by atoms with van der Waals surface area (Å²) < 4.78 is 5.35. The fourth-order valence-corrected chi connectivity index (χ4v) is 3.94. The topological polar surface area (TPSA) is 119 Å². The highest BCUT2D eigenvalue weighted by atomic mass is 16.6. The van der Waals surface area contributed by atoms with Crippen molar-refractivity contribution in [1.82, 2.24) is 20.0 Å². The number of carbonyl (C=O) groups excluding carboxylic acids is 3. The molecule has 2 N–H and O–H groups in total. The van der Waals surface area contributed by atoms with Gasteiger partial charge in [-0.25, -0.2) is 9.59 Å². The molecule has 0 aromatic heterocycles. The third kappa shape index (κ3) is 4.09. The Morgan fingerprint density at radius 1 is 1.22 bits per heavy atom. The molecule has 0 aliphatic carbocycles. The lowest BCUT2D eigenvalue weighted by atomic mass is 9.91. The number of piperidine rings is 1. The van der Waals surface area contributed by atoms with Gasteiger partial charge in [-0.1, -0.05) is 0 Å². The average Bonchev–Trinajstić information content (AvgIpc) is 2.99. The summed E-state index contributed by atoms with van der Waals surface area (Å²) in [7, 11) is 0. The lowest BCUT2D eigenvalue weighted by molar-refractivity contribution is -0.141. The second kappa shape index (κ2) is 7.61. The van der Waals surface area contributed by atoms with E-state index in [-0.39, 0.29) is 18.4 Å². The number of ether oxygens (including phenoxy) is 1. The van der Waals surface area contributed by atoms with Gasteiger partial charge in [0.2, 0.25) is 11.8 Å². The largest absolute Gasteiger partial charge is 0.465 e. The molecule has 3 saturated heterocycles. The SMILES string of the molecule is CC1C(=O)N(CCCC(=O)N2CCC3(CC2)CNC(=O)O3)CCN1C(=O)O. The van der Waals surface area contributed by atoms with E-state index in [1.165, 1.54) is 0 Å². The molecule has 0 aromatic carbocycles. The lowest BCUT2D eigenvalue weighted by Gasteiger charge is -2.38. The van der Waals surface area contributed by atoms with Gasteiger partial charge in [0.1, 0.15) is 11.6 Å². The molecule has 10 nitrogen and oxygen atoms in total. The minimum absolute atomic E-state index is 0.0341. The van der Waals surface area contributed by atoms with E-state index in [1.807, 2.05) is 0 Å². The average molecular weight is 382 g/mol. The lowest BCUT2D eigenvalue weighted by Crippen LogP contribution is -2.57. The minimum Gasteiger partial charge on any atom is -0.465 e. The zero-order valence-electron chi connectivity index (χ0n) is 15.5. The molecule has 10 heteroatoms. The standard InChI is InChI=1S/C17H26N4O6/c1-12-14(23)20(9-10-21(12)16(25)26)6-2-3-13(22)19-7-4-17(5-8-19)11-18-15(24)27-17/h12H,2-11H2,1H3,(H,18,24)(H,25,26). The molecule has 1 atom stereocenters. The first-order valence-electron chi connectivity index (χ1n) is 9.34. The van der Waals surface area contributed by atoms with Crippen LogP contribution in [0, 0.1) is 0 Å². The van der Waals surface area contributed by atoms with E-state index in [4.69, 9.17) is 9.84 Å². The molecule has 0 saturated carbocycles. The molecular weight excluding hydrogens is 356 g/mol. The van der Waals surface area contributed by atoms with Gasteiger partial charge in [-0.05, 0) is 13.3 Å². The smallest absolute Gasteiger partial charge is 0.408 e. The van der Waals surface area contributed by atoms with Gasteiger partial charge in [0.25, 0.3) is 0 Å². The predicted molar refractivity (Wildman–Crippen MR) is 93.0 cm³/mol. The number of carbonyl (C=O) groups is 4. The van der Waals surface area contributed by atoms with Gasteiger partial charge in [0, 0.05) is 52.0 Å². The zero-order chi connectivity index (χ0) is 19.6. The number of hydrogen-bond acceptors (Lipinski definition) is 5. The summed E-state index contributed by atoms with van der Waals surface area (Å²) in [5.41, 5.74) is -0.472. The Kier molecular flexibility index (Phi) is 5.43. The number of hydrogen-bond donors (Lipinski definition) is 2. The summed E-state index contributed by atoms with van der Waals surface area (Å²) in [6, 6.07) is -0.687. The second-order valence-electron chi connectivity index (χ2n) is 7.39. The number of rotatable bonds is 4. The van der Waals surface area contributed by atoms with Crippen molar-refractivity contribution in [3.05, 3.63) is 0 Å². The molecule has 3 aliphatic rings. The third-order valence-electron chi connectivity index (χ3n) is 5.70. The fourth-order valence-electron chi connectivity index (χ4n) is 3.94. The number of piperazine rings is 1. The van der Waals surface area contributed by atoms with Gasteiger partial charge >= 0.3 is 12.2 Å². The summed E-state index contributed by atoms with van der Waals surface area (Å²) in [5.74, 6) is -0.182. The molecule has 3 heterocycles. The predicted octanol–water partition coefficient (Wildman–Crippen LogP) is 0.0783. The number of nitrogens with zero attached hydrogens (tertiary/aromatic N) is 3. The van der Waals surface area contributed by atoms with E-state index in [2.05, 4.69) is 5.32 Å². The highest BCUT2D eigenvalue weighted by molar-refractivity contribution is 5.86. The normalized spacial score (nSPS) is 24.8. The van der Waals surface area contributed by atoms with E-state index in [0.29, 0.717) is 58.4 Å². The van der Waals surface area contributed by atoms with Crippen molar-refractivity contribution in [3.8, 4) is 0 Å². The summed E-state index contributed by atoms with van der Waals surface area (Å²) in [4.78, 5) is 51.6. The molecule has 0 radical (unpaired) electrons. The van der Waals surface area contributed by atoms with Crippen molar-refractivity contribution in [2.45, 2.75) is 44.2 Å². The molecule has 1 unspecified atom stereocenters. The Hall–Kier alpha value is -2.52. The zero-order valence-corrected chi connectivity index (χ0v) is 15.5. The van der Waals surface area contributed by atoms with Crippen LogP contribution in [-0.2, 0) is 14.3 Å². The first-order chi connectivity index (χ1) is 12.8. The van der Waals surface area contributed by atoms with E-state index in [9.17, 15) is 19.2 Å². The first-order valence-corrected chi connectivity index (χ1v) is 9.34. The van der Waals surface area contributed by atoms with Crippen LogP contribution >= 0.6 is 0 Å². The Bertz CT molecular complexity index is 631. The van der Waals surface area contributed by atoms with Crippen molar-refractivity contribution in [2.75, 3.05) is 39.3 Å². The van der Waals surface area contributed by atoms with Crippen LogP contribution in [-0.4, -0.2) is 94.7 Å². The number of nitrogens with one attached hydrogen (secondary N) is 1. The van der Waals surface area contributed by atoms with Crippen LogP contribution in [0.1, 0.15) is 32.6 Å². The van der Waals surface area contributed by atoms with Crippen LogP contribution in [0.4, 0.5) is 9.59 Å². The molecule has 3 rings (SSSR count). The van der Waals surface area contributed by atoms with Crippen LogP contribution in [0.5, 0.6) is 0 Å². The molecule has 4 amide bonds. The molecule has 0 aromatic rings. The van der Waals surface area contributed by atoms with Crippen LogP contribution in [0.3, 0.4) is 0 Å². The van der Waals surface area contributed by atoms with Crippen LogP contribution < -0.4 is 5.32 Å². The number of likely N-dealkylation sites (tertiary alicyclic amines) is 1. The van der Waals surface area contributed by atoms with Crippen molar-refractivity contribution >= 4 is 24.0 Å². The van der Waals surface area contributed by atoms with Gasteiger partial charge in [-0.15, -0.1) is 0 Å². The molecule has 27 heavy (non-hydrogen) atoms. The van der Waals surface area contributed by atoms with Gasteiger partial charge in [0.05, 0.1) is 6.54 Å². The molecule has 0 bridgehead atoms. The molecule has 1 spiro atoms. The first kappa shape index (κ1) is 19.2. The van der Waals surface area contributed by atoms with Gasteiger partial charge < -0.3 is 25.0 Å².